The van der Waals surface area contributed by atoms with Gasteiger partial charge in [0.25, 0.3) is 0 Å². The zero-order valence-corrected chi connectivity index (χ0v) is 10.8. The van der Waals surface area contributed by atoms with E-state index in [9.17, 15) is 8.78 Å². The van der Waals surface area contributed by atoms with Crippen LogP contribution in [0.3, 0.4) is 0 Å². The molecule has 0 aliphatic carbocycles. The summed E-state index contributed by atoms with van der Waals surface area (Å²) >= 11 is 4.85. The van der Waals surface area contributed by atoms with E-state index in [0.29, 0.717) is 17.1 Å². The normalized spacial score (nSPS) is 10.2. The molecule has 0 radical (unpaired) electrons. The maximum Gasteiger partial charge on any atom is 0.159 e. The molecule has 0 aliphatic heterocycles. The lowest BCUT2D eigenvalue weighted by Gasteiger charge is -2.07. The summed E-state index contributed by atoms with van der Waals surface area (Å²) in [6, 6.07) is 11.1. The fourth-order valence-electron chi connectivity index (χ4n) is 1.61. The molecule has 2 nitrogen and oxygen atoms in total. The predicted molar refractivity (Wildman–Crippen MR) is 76.0 cm³/mol. The molecule has 98 valence electrons. The van der Waals surface area contributed by atoms with Crippen molar-refractivity contribution >= 4 is 22.9 Å². The topological polar surface area (TPSA) is 38.0 Å². The second-order valence-corrected chi connectivity index (χ2v) is 4.48. The Kier molecular flexibility index (Phi) is 4.06. The summed E-state index contributed by atoms with van der Waals surface area (Å²) in [5.74, 6) is -1.69. The Morgan fingerprint density at radius 3 is 2.32 bits per heavy atom. The van der Waals surface area contributed by atoms with Gasteiger partial charge in [-0.1, -0.05) is 18.3 Å². The van der Waals surface area contributed by atoms with Crippen molar-refractivity contribution in [3.63, 3.8) is 0 Å². The first-order valence-corrected chi connectivity index (χ1v) is 6.05. The fraction of sp³-hybridized carbons (Fsp3) is 0.0714. The van der Waals surface area contributed by atoms with Crippen LogP contribution < -0.4 is 11.1 Å². The third kappa shape index (κ3) is 3.48. The first-order valence-electron chi connectivity index (χ1n) is 5.64. The molecule has 3 N–H and O–H groups in total. The van der Waals surface area contributed by atoms with Crippen molar-refractivity contribution in [2.24, 2.45) is 5.73 Å². The molecule has 0 saturated carbocycles. The van der Waals surface area contributed by atoms with Gasteiger partial charge in [-0.25, -0.2) is 8.78 Å². The van der Waals surface area contributed by atoms with Gasteiger partial charge in [-0.15, -0.1) is 0 Å². The van der Waals surface area contributed by atoms with Crippen LogP contribution >= 0.6 is 12.2 Å². The molecule has 0 aromatic heterocycles. The number of thiocarbonyl (C=S) groups is 1. The van der Waals surface area contributed by atoms with Crippen molar-refractivity contribution in [2.75, 3.05) is 5.32 Å². The molecular weight excluding hydrogens is 266 g/mol. The number of nitrogens with two attached hydrogens (primary N) is 1. The Labute approximate surface area is 115 Å². The van der Waals surface area contributed by atoms with Gasteiger partial charge < -0.3 is 11.1 Å². The van der Waals surface area contributed by atoms with Crippen LogP contribution in [0.2, 0.25) is 0 Å². The molecule has 0 amide bonds. The highest BCUT2D eigenvalue weighted by Gasteiger charge is 2.02. The summed E-state index contributed by atoms with van der Waals surface area (Å²) < 4.78 is 25.8. The van der Waals surface area contributed by atoms with Crippen LogP contribution in [0.5, 0.6) is 0 Å². The van der Waals surface area contributed by atoms with Gasteiger partial charge in [-0.2, -0.15) is 0 Å². The van der Waals surface area contributed by atoms with Gasteiger partial charge in [0.1, 0.15) is 4.99 Å². The Balaban J connectivity index is 2.01. The van der Waals surface area contributed by atoms with E-state index in [2.05, 4.69) is 5.32 Å². The smallest absolute Gasteiger partial charge is 0.159 e. The second-order valence-electron chi connectivity index (χ2n) is 4.04. The summed E-state index contributed by atoms with van der Waals surface area (Å²) in [7, 11) is 0. The summed E-state index contributed by atoms with van der Waals surface area (Å²) in [5, 5.41) is 3.10. The van der Waals surface area contributed by atoms with Crippen molar-refractivity contribution in [2.45, 2.75) is 6.54 Å². The minimum absolute atomic E-state index is 0.340. The zero-order valence-electron chi connectivity index (χ0n) is 9.99. The number of hydrogen-bond donors (Lipinski definition) is 2. The van der Waals surface area contributed by atoms with E-state index in [1.165, 1.54) is 12.1 Å². The molecule has 0 spiro atoms. The van der Waals surface area contributed by atoms with E-state index in [-0.39, 0.29) is 0 Å². The van der Waals surface area contributed by atoms with Crippen LogP contribution in [-0.4, -0.2) is 4.99 Å². The average molecular weight is 278 g/mol. The molecule has 19 heavy (non-hydrogen) atoms. The molecule has 2 rings (SSSR count). The average Bonchev–Trinajstić information content (AvgIpc) is 2.40. The Bertz CT molecular complexity index is 597. The zero-order chi connectivity index (χ0) is 13.8. The molecule has 0 fully saturated rings. The SMILES string of the molecule is NC(=S)c1ccc(NCc2ccc(F)c(F)c2)cc1. The van der Waals surface area contributed by atoms with Crippen LogP contribution in [0, 0.1) is 11.6 Å². The van der Waals surface area contributed by atoms with E-state index in [1.54, 1.807) is 12.1 Å². The van der Waals surface area contributed by atoms with Crippen molar-refractivity contribution < 1.29 is 8.78 Å². The third-order valence-electron chi connectivity index (χ3n) is 2.65. The fourth-order valence-corrected chi connectivity index (χ4v) is 1.74. The minimum Gasteiger partial charge on any atom is -0.389 e. The first kappa shape index (κ1) is 13.4. The number of benzene rings is 2. The molecule has 0 saturated heterocycles. The monoisotopic (exact) mass is 278 g/mol. The number of nitrogens with one attached hydrogen (secondary N) is 1. The molecule has 0 unspecified atom stereocenters. The Morgan fingerprint density at radius 2 is 1.74 bits per heavy atom. The molecule has 5 heteroatoms. The highest BCUT2D eigenvalue weighted by Crippen LogP contribution is 2.13. The molecule has 0 atom stereocenters. The van der Waals surface area contributed by atoms with Crippen LogP contribution in [0.15, 0.2) is 42.5 Å². The lowest BCUT2D eigenvalue weighted by Crippen LogP contribution is -2.09. The second kappa shape index (κ2) is 5.75. The van der Waals surface area contributed by atoms with E-state index in [0.717, 1.165) is 17.3 Å². The summed E-state index contributed by atoms with van der Waals surface area (Å²) in [4.78, 5) is 0.340. The molecule has 0 bridgehead atoms. The van der Waals surface area contributed by atoms with Crippen LogP contribution in [0.4, 0.5) is 14.5 Å². The Hall–Kier alpha value is -2.01. The number of hydrogen-bond acceptors (Lipinski definition) is 2. The Morgan fingerprint density at radius 1 is 1.05 bits per heavy atom. The number of anilines is 1. The van der Waals surface area contributed by atoms with Crippen molar-refractivity contribution in [3.05, 3.63) is 65.2 Å². The van der Waals surface area contributed by atoms with E-state index < -0.39 is 11.6 Å². The maximum absolute atomic E-state index is 13.0. The molecular formula is C14H12F2N2S. The number of halogens is 2. The van der Waals surface area contributed by atoms with E-state index in [1.807, 2.05) is 12.1 Å². The van der Waals surface area contributed by atoms with Gasteiger partial charge in [-0.05, 0) is 42.0 Å². The van der Waals surface area contributed by atoms with Crippen LogP contribution in [0.25, 0.3) is 0 Å². The molecule has 2 aromatic carbocycles. The lowest BCUT2D eigenvalue weighted by molar-refractivity contribution is 0.507. The lowest BCUT2D eigenvalue weighted by atomic mass is 10.2. The largest absolute Gasteiger partial charge is 0.389 e. The molecule has 0 heterocycles. The standard InChI is InChI=1S/C14H12F2N2S/c15-12-6-1-9(7-13(12)16)8-18-11-4-2-10(3-5-11)14(17)19/h1-7,18H,8H2,(H2,17,19). The molecule has 2 aromatic rings. The van der Waals surface area contributed by atoms with Gasteiger partial charge in [0.05, 0.1) is 0 Å². The highest BCUT2D eigenvalue weighted by atomic mass is 32.1. The van der Waals surface area contributed by atoms with Crippen molar-refractivity contribution in [1.29, 1.82) is 0 Å². The van der Waals surface area contributed by atoms with Crippen molar-refractivity contribution in [1.82, 2.24) is 0 Å². The quantitative estimate of drug-likeness (QED) is 0.843. The van der Waals surface area contributed by atoms with Crippen LogP contribution in [-0.2, 0) is 6.54 Å². The molecule has 0 aliphatic rings. The van der Waals surface area contributed by atoms with Gasteiger partial charge in [0.15, 0.2) is 11.6 Å². The van der Waals surface area contributed by atoms with E-state index in [4.69, 9.17) is 18.0 Å². The summed E-state index contributed by atoms with van der Waals surface area (Å²) in [6.07, 6.45) is 0. The van der Waals surface area contributed by atoms with Crippen molar-refractivity contribution in [3.8, 4) is 0 Å². The summed E-state index contributed by atoms with van der Waals surface area (Å²) in [5.41, 5.74) is 7.79. The third-order valence-corrected chi connectivity index (χ3v) is 2.89. The van der Waals surface area contributed by atoms with E-state index >= 15 is 0 Å². The summed E-state index contributed by atoms with van der Waals surface area (Å²) in [6.45, 7) is 0.406. The minimum atomic E-state index is -0.844. The van der Waals surface area contributed by atoms with Gasteiger partial charge >= 0.3 is 0 Å². The van der Waals surface area contributed by atoms with Crippen LogP contribution in [0.1, 0.15) is 11.1 Å². The first-order chi connectivity index (χ1) is 9.06. The predicted octanol–water partition coefficient (Wildman–Crippen LogP) is 3.21. The maximum atomic E-state index is 13.0. The van der Waals surface area contributed by atoms with Gasteiger partial charge in [0, 0.05) is 17.8 Å². The van der Waals surface area contributed by atoms with Gasteiger partial charge in [0.2, 0.25) is 0 Å². The highest BCUT2D eigenvalue weighted by molar-refractivity contribution is 7.80. The van der Waals surface area contributed by atoms with Gasteiger partial charge in [-0.3, -0.25) is 0 Å². The number of rotatable bonds is 4.